The van der Waals surface area contributed by atoms with Crippen molar-refractivity contribution < 1.29 is 14.3 Å². The average Bonchev–Trinajstić information content (AvgIpc) is 2.49. The summed E-state index contributed by atoms with van der Waals surface area (Å²) < 4.78 is 5.24. The van der Waals surface area contributed by atoms with Crippen molar-refractivity contribution in [1.29, 1.82) is 0 Å². The van der Waals surface area contributed by atoms with Gasteiger partial charge in [0.2, 0.25) is 0 Å². The van der Waals surface area contributed by atoms with E-state index in [-0.39, 0.29) is 0 Å². The molecule has 0 aliphatic heterocycles. The summed E-state index contributed by atoms with van der Waals surface area (Å²) in [6.45, 7) is 5.32. The fraction of sp³-hybridized carbons (Fsp3) is 0.222. The van der Waals surface area contributed by atoms with Gasteiger partial charge in [-0.3, -0.25) is 4.79 Å². The number of rotatable bonds is 4. The van der Waals surface area contributed by atoms with Crippen molar-refractivity contribution in [1.82, 2.24) is 0 Å². The molecule has 1 amide bonds. The van der Waals surface area contributed by atoms with Crippen LogP contribution < -0.4 is 5.32 Å². The van der Waals surface area contributed by atoms with Gasteiger partial charge in [-0.25, -0.2) is 4.79 Å². The zero-order valence-corrected chi connectivity index (χ0v) is 14.0. The monoisotopic (exact) mass is 331 g/mol. The molecule has 4 nitrogen and oxygen atoms in total. The summed E-state index contributed by atoms with van der Waals surface area (Å²) >= 11 is 5.79. The van der Waals surface area contributed by atoms with Crippen LogP contribution in [-0.2, 0) is 9.53 Å². The van der Waals surface area contributed by atoms with E-state index in [0.717, 1.165) is 11.1 Å². The van der Waals surface area contributed by atoms with E-state index in [4.69, 9.17) is 16.3 Å². The Morgan fingerprint density at radius 2 is 1.74 bits per heavy atom. The predicted molar refractivity (Wildman–Crippen MR) is 90.9 cm³/mol. The number of halogens is 1. The molecule has 2 aromatic rings. The number of hydrogen-bond acceptors (Lipinski definition) is 3. The highest BCUT2D eigenvalue weighted by Gasteiger charge is 2.20. The largest absolute Gasteiger partial charge is 0.449 e. The summed E-state index contributed by atoms with van der Waals surface area (Å²) in [5, 5.41) is 3.26. The van der Waals surface area contributed by atoms with Crippen LogP contribution in [0.5, 0.6) is 0 Å². The Morgan fingerprint density at radius 1 is 1.09 bits per heavy atom. The van der Waals surface area contributed by atoms with Crippen LogP contribution in [0.3, 0.4) is 0 Å². The highest BCUT2D eigenvalue weighted by molar-refractivity contribution is 6.30. The minimum Gasteiger partial charge on any atom is -0.449 e. The van der Waals surface area contributed by atoms with Crippen LogP contribution in [0, 0.1) is 13.8 Å². The van der Waals surface area contributed by atoms with Crippen molar-refractivity contribution in [2.45, 2.75) is 26.9 Å². The topological polar surface area (TPSA) is 55.4 Å². The fourth-order valence-electron chi connectivity index (χ4n) is 2.10. The first kappa shape index (κ1) is 17.0. The van der Waals surface area contributed by atoms with E-state index in [1.807, 2.05) is 26.0 Å². The van der Waals surface area contributed by atoms with E-state index < -0.39 is 18.0 Å². The second-order valence-electron chi connectivity index (χ2n) is 5.36. The second kappa shape index (κ2) is 7.29. The van der Waals surface area contributed by atoms with Gasteiger partial charge in [-0.1, -0.05) is 29.3 Å². The minimum absolute atomic E-state index is 0.398. The normalized spacial score (nSPS) is 11.7. The first-order valence-corrected chi connectivity index (χ1v) is 7.59. The molecule has 2 aromatic carbocycles. The van der Waals surface area contributed by atoms with Crippen molar-refractivity contribution in [2.24, 2.45) is 0 Å². The molecule has 0 aliphatic carbocycles. The number of esters is 1. The van der Waals surface area contributed by atoms with Crippen LogP contribution >= 0.6 is 11.6 Å². The van der Waals surface area contributed by atoms with E-state index in [1.165, 1.54) is 6.92 Å². The van der Waals surface area contributed by atoms with E-state index in [0.29, 0.717) is 16.3 Å². The Morgan fingerprint density at radius 3 is 2.35 bits per heavy atom. The number of benzene rings is 2. The molecule has 5 heteroatoms. The van der Waals surface area contributed by atoms with Crippen molar-refractivity contribution in [3.8, 4) is 0 Å². The summed E-state index contributed by atoms with van der Waals surface area (Å²) in [4.78, 5) is 24.3. The van der Waals surface area contributed by atoms with Gasteiger partial charge in [-0.05, 0) is 56.7 Å². The van der Waals surface area contributed by atoms with Gasteiger partial charge in [-0.15, -0.1) is 0 Å². The molecular formula is C18H18ClNO3. The number of anilines is 1. The van der Waals surface area contributed by atoms with Gasteiger partial charge >= 0.3 is 5.97 Å². The van der Waals surface area contributed by atoms with Crippen LogP contribution in [0.1, 0.15) is 28.4 Å². The first-order chi connectivity index (χ1) is 10.9. The standard InChI is InChI=1S/C18H18ClNO3/c1-11-4-9-16(12(2)10-11)18(22)23-13(3)17(21)20-15-7-5-14(19)6-8-15/h4-10,13H,1-3H3,(H,20,21). The Kier molecular flexibility index (Phi) is 5.40. The van der Waals surface area contributed by atoms with E-state index >= 15 is 0 Å². The minimum atomic E-state index is -0.904. The zero-order valence-electron chi connectivity index (χ0n) is 13.2. The fourth-order valence-corrected chi connectivity index (χ4v) is 2.22. The molecule has 0 spiro atoms. The van der Waals surface area contributed by atoms with Gasteiger partial charge in [-0.2, -0.15) is 0 Å². The van der Waals surface area contributed by atoms with Crippen molar-refractivity contribution >= 4 is 29.2 Å². The van der Waals surface area contributed by atoms with Gasteiger partial charge in [0.1, 0.15) is 0 Å². The highest BCUT2D eigenvalue weighted by atomic mass is 35.5. The van der Waals surface area contributed by atoms with Crippen molar-refractivity contribution in [2.75, 3.05) is 5.32 Å². The SMILES string of the molecule is Cc1ccc(C(=O)OC(C)C(=O)Nc2ccc(Cl)cc2)c(C)c1. The molecule has 1 N–H and O–H groups in total. The molecule has 23 heavy (non-hydrogen) atoms. The molecule has 0 radical (unpaired) electrons. The smallest absolute Gasteiger partial charge is 0.339 e. The van der Waals surface area contributed by atoms with Crippen LogP contribution in [0.2, 0.25) is 5.02 Å². The van der Waals surface area contributed by atoms with Crippen LogP contribution in [0.15, 0.2) is 42.5 Å². The first-order valence-electron chi connectivity index (χ1n) is 7.21. The third kappa shape index (κ3) is 4.57. The number of ether oxygens (including phenoxy) is 1. The number of aryl methyl sites for hydroxylation is 2. The summed E-state index contributed by atoms with van der Waals surface area (Å²) in [6, 6.07) is 12.1. The Labute approximate surface area is 140 Å². The number of carbonyl (C=O) groups is 2. The van der Waals surface area contributed by atoms with Crippen LogP contribution in [0.25, 0.3) is 0 Å². The summed E-state index contributed by atoms with van der Waals surface area (Å²) in [5.74, 6) is -0.910. The molecular weight excluding hydrogens is 314 g/mol. The van der Waals surface area contributed by atoms with Gasteiger partial charge < -0.3 is 10.1 Å². The third-order valence-electron chi connectivity index (χ3n) is 3.37. The summed E-state index contributed by atoms with van der Waals surface area (Å²) in [7, 11) is 0. The Hall–Kier alpha value is -2.33. The lowest BCUT2D eigenvalue weighted by Gasteiger charge is -2.14. The number of hydrogen-bond donors (Lipinski definition) is 1. The van der Waals surface area contributed by atoms with Gasteiger partial charge in [0.25, 0.3) is 5.91 Å². The third-order valence-corrected chi connectivity index (χ3v) is 3.62. The lowest BCUT2D eigenvalue weighted by Crippen LogP contribution is -2.30. The second-order valence-corrected chi connectivity index (χ2v) is 5.80. The molecule has 0 aromatic heterocycles. The van der Waals surface area contributed by atoms with Crippen LogP contribution in [0.4, 0.5) is 5.69 Å². The lowest BCUT2D eigenvalue weighted by atomic mass is 10.1. The molecule has 0 bridgehead atoms. The summed E-state index contributed by atoms with van der Waals surface area (Å²) in [6.07, 6.45) is -0.904. The predicted octanol–water partition coefficient (Wildman–Crippen LogP) is 4.14. The van der Waals surface area contributed by atoms with Gasteiger partial charge in [0.15, 0.2) is 6.10 Å². The molecule has 0 heterocycles. The maximum atomic E-state index is 12.2. The molecule has 120 valence electrons. The van der Waals surface area contributed by atoms with Crippen LogP contribution in [-0.4, -0.2) is 18.0 Å². The Balaban J connectivity index is 2.00. The number of nitrogens with one attached hydrogen (secondary N) is 1. The zero-order chi connectivity index (χ0) is 17.0. The van der Waals surface area contributed by atoms with E-state index in [1.54, 1.807) is 30.3 Å². The molecule has 0 saturated carbocycles. The quantitative estimate of drug-likeness (QED) is 0.857. The molecule has 0 aliphatic rings. The molecule has 2 rings (SSSR count). The number of carbonyl (C=O) groups excluding carboxylic acids is 2. The molecule has 1 atom stereocenters. The maximum Gasteiger partial charge on any atom is 0.339 e. The Bertz CT molecular complexity index is 726. The molecule has 1 unspecified atom stereocenters. The lowest BCUT2D eigenvalue weighted by molar-refractivity contribution is -0.123. The van der Waals surface area contributed by atoms with Gasteiger partial charge in [0, 0.05) is 10.7 Å². The maximum absolute atomic E-state index is 12.2. The van der Waals surface area contributed by atoms with Crippen molar-refractivity contribution in [3.63, 3.8) is 0 Å². The van der Waals surface area contributed by atoms with Crippen molar-refractivity contribution in [3.05, 3.63) is 64.2 Å². The molecule has 0 fully saturated rings. The summed E-state index contributed by atoms with van der Waals surface area (Å²) in [5.41, 5.74) is 2.93. The highest BCUT2D eigenvalue weighted by Crippen LogP contribution is 2.15. The average molecular weight is 332 g/mol. The van der Waals surface area contributed by atoms with E-state index in [2.05, 4.69) is 5.32 Å². The van der Waals surface area contributed by atoms with Gasteiger partial charge in [0.05, 0.1) is 5.56 Å². The molecule has 0 saturated heterocycles. The number of amides is 1. The van der Waals surface area contributed by atoms with E-state index in [9.17, 15) is 9.59 Å².